The van der Waals surface area contributed by atoms with Crippen LogP contribution in [0.4, 0.5) is 0 Å². The molecule has 4 rings (SSSR count). The molecule has 3 aromatic rings. The van der Waals surface area contributed by atoms with Crippen LogP contribution in [0.2, 0.25) is 0 Å². The molecule has 0 atom stereocenters. The number of fused-ring (bicyclic) bond motifs is 2. The Balaban J connectivity index is 0.000000948. The van der Waals surface area contributed by atoms with Crippen molar-refractivity contribution in [3.8, 4) is 5.75 Å². The molecule has 132 valence electrons. The highest BCUT2D eigenvalue weighted by atomic mass is 16.5. The van der Waals surface area contributed by atoms with Gasteiger partial charge in [-0.05, 0) is 53.5 Å². The van der Waals surface area contributed by atoms with Gasteiger partial charge in [0.1, 0.15) is 11.5 Å². The van der Waals surface area contributed by atoms with E-state index in [0.29, 0.717) is 0 Å². The van der Waals surface area contributed by atoms with Crippen LogP contribution in [0.15, 0.2) is 78.6 Å². The van der Waals surface area contributed by atoms with Gasteiger partial charge in [-0.15, -0.1) is 0 Å². The summed E-state index contributed by atoms with van der Waals surface area (Å²) in [5.74, 6) is 1.99. The van der Waals surface area contributed by atoms with E-state index in [-0.39, 0.29) is 0 Å². The maximum atomic E-state index is 5.92. The second-order valence-corrected chi connectivity index (χ2v) is 6.34. The average molecular weight is 342 g/mol. The predicted octanol–water partition coefficient (Wildman–Crippen LogP) is 7.10. The summed E-state index contributed by atoms with van der Waals surface area (Å²) in [6.07, 6.45) is 5.14. The Morgan fingerprint density at radius 3 is 2.35 bits per heavy atom. The van der Waals surface area contributed by atoms with Gasteiger partial charge in [-0.2, -0.15) is 0 Å². The Hall–Kier alpha value is -2.80. The molecule has 1 heteroatoms. The molecule has 0 saturated heterocycles. The number of para-hydroxylation sites is 1. The molecule has 26 heavy (non-hydrogen) atoms. The van der Waals surface area contributed by atoms with Crippen LogP contribution in [0.1, 0.15) is 37.5 Å². The van der Waals surface area contributed by atoms with Crippen molar-refractivity contribution in [2.45, 2.75) is 34.1 Å². The zero-order valence-corrected chi connectivity index (χ0v) is 16.0. The number of benzene rings is 3. The second kappa shape index (κ2) is 8.05. The third-order valence-electron chi connectivity index (χ3n) is 4.66. The first-order chi connectivity index (χ1) is 12.7. The van der Waals surface area contributed by atoms with E-state index in [1.54, 1.807) is 0 Å². The summed E-state index contributed by atoms with van der Waals surface area (Å²) in [4.78, 5) is 0. The highest BCUT2D eigenvalue weighted by Crippen LogP contribution is 2.31. The van der Waals surface area contributed by atoms with Crippen molar-refractivity contribution in [3.63, 3.8) is 0 Å². The largest absolute Gasteiger partial charge is 0.461 e. The number of ether oxygens (including phenoxy) is 1. The fourth-order valence-corrected chi connectivity index (χ4v) is 3.31. The third kappa shape index (κ3) is 3.57. The van der Waals surface area contributed by atoms with E-state index < -0.39 is 0 Å². The lowest BCUT2D eigenvalue weighted by atomic mass is 9.96. The summed E-state index contributed by atoms with van der Waals surface area (Å²) in [5.41, 5.74) is 5.10. The van der Waals surface area contributed by atoms with Gasteiger partial charge in [0, 0.05) is 12.0 Å². The number of hydrogen-bond acceptors (Lipinski definition) is 1. The minimum absolute atomic E-state index is 0.870. The molecule has 1 aliphatic rings. The lowest BCUT2D eigenvalue weighted by Gasteiger charge is -2.09. The van der Waals surface area contributed by atoms with Crippen LogP contribution in [0.3, 0.4) is 0 Å². The van der Waals surface area contributed by atoms with Crippen molar-refractivity contribution in [1.82, 2.24) is 0 Å². The summed E-state index contributed by atoms with van der Waals surface area (Å²) >= 11 is 0. The first-order valence-electron chi connectivity index (χ1n) is 9.34. The Morgan fingerprint density at radius 1 is 0.885 bits per heavy atom. The van der Waals surface area contributed by atoms with Gasteiger partial charge >= 0.3 is 0 Å². The van der Waals surface area contributed by atoms with Crippen molar-refractivity contribution in [2.24, 2.45) is 0 Å². The fraction of sp³-hybridized carbons (Fsp3) is 0.200. The molecule has 0 aromatic heterocycles. The number of allylic oxidation sites excluding steroid dienone is 4. The van der Waals surface area contributed by atoms with Crippen molar-refractivity contribution < 1.29 is 4.74 Å². The zero-order chi connectivity index (χ0) is 18.5. The Bertz CT molecular complexity index is 949. The van der Waals surface area contributed by atoms with Crippen LogP contribution < -0.4 is 4.74 Å². The van der Waals surface area contributed by atoms with E-state index in [4.69, 9.17) is 4.74 Å². The van der Waals surface area contributed by atoms with Crippen LogP contribution in [0.5, 0.6) is 5.75 Å². The number of aryl methyl sites for hydroxylation is 1. The molecule has 1 heterocycles. The smallest absolute Gasteiger partial charge is 0.130 e. The van der Waals surface area contributed by atoms with E-state index in [1.807, 2.05) is 26.0 Å². The van der Waals surface area contributed by atoms with Gasteiger partial charge in [0.25, 0.3) is 0 Å². The van der Waals surface area contributed by atoms with Gasteiger partial charge in [0.2, 0.25) is 0 Å². The van der Waals surface area contributed by atoms with Crippen LogP contribution in [-0.2, 0) is 6.42 Å². The summed E-state index contributed by atoms with van der Waals surface area (Å²) < 4.78 is 5.92. The van der Waals surface area contributed by atoms with Crippen LogP contribution in [0, 0.1) is 6.92 Å². The first-order valence-corrected chi connectivity index (χ1v) is 9.34. The maximum Gasteiger partial charge on any atom is 0.130 e. The first kappa shape index (κ1) is 18.0. The highest BCUT2D eigenvalue weighted by molar-refractivity contribution is 5.95. The molecular weight excluding hydrogens is 316 g/mol. The minimum atomic E-state index is 0.870. The topological polar surface area (TPSA) is 9.23 Å². The Labute approximate surface area is 156 Å². The number of hydrogen-bond donors (Lipinski definition) is 0. The third-order valence-corrected chi connectivity index (χ3v) is 4.66. The van der Waals surface area contributed by atoms with Gasteiger partial charge in [-0.25, -0.2) is 0 Å². The lowest BCUT2D eigenvalue weighted by molar-refractivity contribution is 0.446. The molecule has 1 aliphatic heterocycles. The number of rotatable bonds is 2. The SMILES string of the molecule is C/C(=C\C=C1/Cc2ccccc2O1)c1ccc(C)c2ccccc12.CC. The van der Waals surface area contributed by atoms with Crippen molar-refractivity contribution in [3.05, 3.63) is 95.3 Å². The van der Waals surface area contributed by atoms with E-state index in [0.717, 1.165) is 17.9 Å². The predicted molar refractivity (Wildman–Crippen MR) is 113 cm³/mol. The van der Waals surface area contributed by atoms with E-state index in [2.05, 4.69) is 74.5 Å². The quantitative estimate of drug-likeness (QED) is 0.483. The van der Waals surface area contributed by atoms with Gasteiger partial charge in [-0.3, -0.25) is 0 Å². The summed E-state index contributed by atoms with van der Waals surface area (Å²) in [5, 5.41) is 2.63. The van der Waals surface area contributed by atoms with Crippen molar-refractivity contribution in [1.29, 1.82) is 0 Å². The molecule has 0 saturated carbocycles. The van der Waals surface area contributed by atoms with E-state index >= 15 is 0 Å². The summed E-state index contributed by atoms with van der Waals surface area (Å²) in [7, 11) is 0. The van der Waals surface area contributed by atoms with Gasteiger partial charge < -0.3 is 4.74 Å². The molecule has 0 unspecified atom stereocenters. The molecule has 0 amide bonds. The molecule has 0 aliphatic carbocycles. The minimum Gasteiger partial charge on any atom is -0.461 e. The van der Waals surface area contributed by atoms with Crippen molar-refractivity contribution >= 4 is 16.3 Å². The average Bonchev–Trinajstić information content (AvgIpc) is 3.11. The van der Waals surface area contributed by atoms with Gasteiger partial charge in [-0.1, -0.05) is 74.5 Å². The highest BCUT2D eigenvalue weighted by Gasteiger charge is 2.15. The Morgan fingerprint density at radius 2 is 1.58 bits per heavy atom. The van der Waals surface area contributed by atoms with Gasteiger partial charge in [0.15, 0.2) is 0 Å². The molecule has 0 spiro atoms. The zero-order valence-electron chi connectivity index (χ0n) is 16.0. The second-order valence-electron chi connectivity index (χ2n) is 6.34. The lowest BCUT2D eigenvalue weighted by Crippen LogP contribution is -1.88. The van der Waals surface area contributed by atoms with Crippen LogP contribution in [-0.4, -0.2) is 0 Å². The van der Waals surface area contributed by atoms with Gasteiger partial charge in [0.05, 0.1) is 0 Å². The normalized spacial score (nSPS) is 14.6. The maximum absolute atomic E-state index is 5.92. The summed E-state index contributed by atoms with van der Waals surface area (Å²) in [6, 6.07) is 21.2. The molecule has 0 fully saturated rings. The molecule has 3 aromatic carbocycles. The Kier molecular flexibility index (Phi) is 5.58. The summed E-state index contributed by atoms with van der Waals surface area (Å²) in [6.45, 7) is 8.33. The molecule has 0 radical (unpaired) electrons. The van der Waals surface area contributed by atoms with E-state index in [1.165, 1.54) is 33.0 Å². The van der Waals surface area contributed by atoms with Crippen LogP contribution >= 0.6 is 0 Å². The fourth-order valence-electron chi connectivity index (χ4n) is 3.31. The van der Waals surface area contributed by atoms with Crippen LogP contribution in [0.25, 0.3) is 16.3 Å². The monoisotopic (exact) mass is 342 g/mol. The molecular formula is C25H26O. The molecule has 0 bridgehead atoms. The molecule has 1 nitrogen and oxygen atoms in total. The molecule has 0 N–H and O–H groups in total. The van der Waals surface area contributed by atoms with Crippen molar-refractivity contribution in [2.75, 3.05) is 0 Å². The van der Waals surface area contributed by atoms with E-state index in [9.17, 15) is 0 Å². The standard InChI is InChI=1S/C23H20O.C2H6/c1-16(11-13-19-15-18-7-3-6-10-23(18)24-19)21-14-12-17(2)20-8-4-5-9-22(20)21;1-2/h3-14H,15H2,1-2H3;1-2H3/b16-11+,19-13+;.